The Balaban J connectivity index is 1.67. The molecule has 1 N–H and O–H groups in total. The third-order valence-electron chi connectivity index (χ3n) is 4.00. The number of hydrogen-bond acceptors (Lipinski definition) is 5. The van der Waals surface area contributed by atoms with Gasteiger partial charge in [0.25, 0.3) is 0 Å². The lowest BCUT2D eigenvalue weighted by molar-refractivity contribution is 0.0480. The molecule has 98 valence electrons. The lowest BCUT2D eigenvalue weighted by Gasteiger charge is -2.28. The Labute approximate surface area is 107 Å². The predicted octanol–water partition coefficient (Wildman–Crippen LogP) is 0.974. The molecule has 5 heteroatoms. The molecule has 0 aromatic carbocycles. The highest BCUT2D eigenvalue weighted by atomic mass is 16.5. The van der Waals surface area contributed by atoms with Crippen LogP contribution < -0.4 is 4.74 Å². The van der Waals surface area contributed by atoms with Gasteiger partial charge in [0.15, 0.2) is 0 Å². The largest absolute Gasteiger partial charge is 0.467 e. The second-order valence-corrected chi connectivity index (χ2v) is 5.31. The molecule has 1 saturated carbocycles. The first-order valence-electron chi connectivity index (χ1n) is 6.53. The fourth-order valence-electron chi connectivity index (χ4n) is 2.85. The molecule has 0 spiro atoms. The highest BCUT2D eigenvalue weighted by molar-refractivity contribution is 5.11. The maximum absolute atomic E-state index is 10.3. The average molecular weight is 249 g/mol. The van der Waals surface area contributed by atoms with Gasteiger partial charge in [0.05, 0.1) is 12.7 Å². The molecule has 0 amide bonds. The number of hydrogen-bond donors (Lipinski definition) is 1. The zero-order chi connectivity index (χ0) is 12.6. The van der Waals surface area contributed by atoms with Crippen molar-refractivity contribution in [2.75, 3.05) is 13.7 Å². The topological polar surface area (TPSA) is 58.5 Å². The Hall–Kier alpha value is -1.20. The molecule has 1 saturated heterocycles. The SMILES string of the molecule is COc1ncc(CN2CCCC2C2(O)CC2)cn1. The normalized spacial score (nSPS) is 26.2. The average Bonchev–Trinajstić information content (AvgIpc) is 2.96. The smallest absolute Gasteiger partial charge is 0.316 e. The molecule has 2 aliphatic rings. The molecule has 0 radical (unpaired) electrons. The summed E-state index contributed by atoms with van der Waals surface area (Å²) in [7, 11) is 1.56. The highest BCUT2D eigenvalue weighted by Gasteiger charge is 2.51. The minimum atomic E-state index is -0.413. The summed E-state index contributed by atoms with van der Waals surface area (Å²) in [6.45, 7) is 1.87. The van der Waals surface area contributed by atoms with E-state index in [1.807, 2.05) is 0 Å². The van der Waals surface area contributed by atoms with Crippen molar-refractivity contribution < 1.29 is 9.84 Å². The molecule has 5 nitrogen and oxygen atoms in total. The van der Waals surface area contributed by atoms with Crippen LogP contribution in [0.2, 0.25) is 0 Å². The molecule has 1 aromatic heterocycles. The summed E-state index contributed by atoms with van der Waals surface area (Å²) in [5, 5.41) is 10.3. The summed E-state index contributed by atoms with van der Waals surface area (Å²) in [5.41, 5.74) is 0.663. The van der Waals surface area contributed by atoms with Crippen LogP contribution in [0.15, 0.2) is 12.4 Å². The van der Waals surface area contributed by atoms with Crippen LogP contribution in [0.25, 0.3) is 0 Å². The number of aromatic nitrogens is 2. The number of nitrogens with zero attached hydrogens (tertiary/aromatic N) is 3. The van der Waals surface area contributed by atoms with Crippen LogP contribution in [0.5, 0.6) is 6.01 Å². The number of aliphatic hydroxyl groups is 1. The molecule has 1 aliphatic heterocycles. The number of methoxy groups -OCH3 is 1. The van der Waals surface area contributed by atoms with Crippen LogP contribution in [0.1, 0.15) is 31.2 Å². The van der Waals surface area contributed by atoms with Gasteiger partial charge in [0.1, 0.15) is 0 Å². The highest BCUT2D eigenvalue weighted by Crippen LogP contribution is 2.44. The molecule has 1 aromatic rings. The van der Waals surface area contributed by atoms with Gasteiger partial charge < -0.3 is 9.84 Å². The molecular weight excluding hydrogens is 230 g/mol. The molecule has 1 atom stereocenters. The van der Waals surface area contributed by atoms with E-state index in [-0.39, 0.29) is 0 Å². The summed E-state index contributed by atoms with van der Waals surface area (Å²) in [4.78, 5) is 10.6. The van der Waals surface area contributed by atoms with Gasteiger partial charge in [-0.1, -0.05) is 0 Å². The van der Waals surface area contributed by atoms with Gasteiger partial charge in [-0.15, -0.1) is 0 Å². The molecule has 1 unspecified atom stereocenters. The van der Waals surface area contributed by atoms with E-state index < -0.39 is 5.60 Å². The predicted molar refractivity (Wildman–Crippen MR) is 66.2 cm³/mol. The van der Waals surface area contributed by atoms with E-state index in [9.17, 15) is 5.11 Å². The van der Waals surface area contributed by atoms with Crippen LogP contribution >= 0.6 is 0 Å². The zero-order valence-corrected chi connectivity index (χ0v) is 10.7. The number of ether oxygens (including phenoxy) is 1. The Morgan fingerprint density at radius 2 is 2.17 bits per heavy atom. The summed E-state index contributed by atoms with van der Waals surface area (Å²) in [6.07, 6.45) is 7.79. The second kappa shape index (κ2) is 4.48. The third-order valence-corrected chi connectivity index (χ3v) is 4.00. The van der Waals surface area contributed by atoms with E-state index in [2.05, 4.69) is 14.9 Å². The first kappa shape index (κ1) is 11.9. The van der Waals surface area contributed by atoms with Gasteiger partial charge in [-0.25, -0.2) is 9.97 Å². The van der Waals surface area contributed by atoms with Crippen LogP contribution in [0.3, 0.4) is 0 Å². The molecule has 1 aliphatic carbocycles. The lowest BCUT2D eigenvalue weighted by Crippen LogP contribution is -2.40. The molecule has 3 rings (SSSR count). The van der Waals surface area contributed by atoms with Gasteiger partial charge >= 0.3 is 6.01 Å². The van der Waals surface area contributed by atoms with Crippen molar-refractivity contribution in [2.24, 2.45) is 0 Å². The summed E-state index contributed by atoms with van der Waals surface area (Å²) in [5.74, 6) is 0. The van der Waals surface area contributed by atoms with Gasteiger partial charge in [-0.05, 0) is 32.2 Å². The van der Waals surface area contributed by atoms with Crippen molar-refractivity contribution in [1.29, 1.82) is 0 Å². The van der Waals surface area contributed by atoms with E-state index in [1.54, 1.807) is 19.5 Å². The quantitative estimate of drug-likeness (QED) is 0.861. The van der Waals surface area contributed by atoms with Crippen molar-refractivity contribution in [3.63, 3.8) is 0 Å². The van der Waals surface area contributed by atoms with Gasteiger partial charge in [0.2, 0.25) is 0 Å². The van der Waals surface area contributed by atoms with Gasteiger partial charge in [0, 0.05) is 30.5 Å². The first-order valence-corrected chi connectivity index (χ1v) is 6.53. The monoisotopic (exact) mass is 249 g/mol. The fraction of sp³-hybridized carbons (Fsp3) is 0.692. The maximum Gasteiger partial charge on any atom is 0.316 e. The molecule has 2 heterocycles. The number of rotatable bonds is 4. The van der Waals surface area contributed by atoms with Crippen LogP contribution in [-0.4, -0.2) is 45.3 Å². The van der Waals surface area contributed by atoms with E-state index in [1.165, 1.54) is 6.42 Å². The second-order valence-electron chi connectivity index (χ2n) is 5.31. The van der Waals surface area contributed by atoms with Crippen molar-refractivity contribution >= 4 is 0 Å². The Morgan fingerprint density at radius 3 is 2.78 bits per heavy atom. The Morgan fingerprint density at radius 1 is 1.44 bits per heavy atom. The molecular formula is C13H19N3O2. The lowest BCUT2D eigenvalue weighted by atomic mass is 10.1. The van der Waals surface area contributed by atoms with Gasteiger partial charge in [-0.2, -0.15) is 0 Å². The van der Waals surface area contributed by atoms with Crippen molar-refractivity contribution in [2.45, 2.75) is 43.9 Å². The third kappa shape index (κ3) is 2.20. The zero-order valence-electron chi connectivity index (χ0n) is 10.7. The standard InChI is InChI=1S/C13H19N3O2/c1-18-12-14-7-10(8-15-12)9-16-6-2-3-11(16)13(17)4-5-13/h7-8,11,17H,2-6,9H2,1H3. The van der Waals surface area contributed by atoms with E-state index in [4.69, 9.17) is 4.74 Å². The van der Waals surface area contributed by atoms with Crippen LogP contribution in [0.4, 0.5) is 0 Å². The van der Waals surface area contributed by atoms with E-state index >= 15 is 0 Å². The first-order chi connectivity index (χ1) is 8.71. The minimum absolute atomic E-state index is 0.319. The van der Waals surface area contributed by atoms with Crippen molar-refractivity contribution in [1.82, 2.24) is 14.9 Å². The van der Waals surface area contributed by atoms with E-state index in [0.29, 0.717) is 12.1 Å². The molecule has 18 heavy (non-hydrogen) atoms. The Bertz CT molecular complexity index is 417. The van der Waals surface area contributed by atoms with Crippen LogP contribution in [0, 0.1) is 0 Å². The summed E-state index contributed by atoms with van der Waals surface area (Å²) >= 11 is 0. The van der Waals surface area contributed by atoms with Gasteiger partial charge in [-0.3, -0.25) is 4.90 Å². The van der Waals surface area contributed by atoms with Crippen molar-refractivity contribution in [3.05, 3.63) is 18.0 Å². The maximum atomic E-state index is 10.3. The molecule has 0 bridgehead atoms. The molecule has 2 fully saturated rings. The Kier molecular flexibility index (Phi) is 2.95. The minimum Gasteiger partial charge on any atom is -0.467 e. The van der Waals surface area contributed by atoms with E-state index in [0.717, 1.165) is 37.9 Å². The van der Waals surface area contributed by atoms with Crippen LogP contribution in [-0.2, 0) is 6.54 Å². The fourth-order valence-corrected chi connectivity index (χ4v) is 2.85. The number of likely N-dealkylation sites (tertiary alicyclic amines) is 1. The summed E-state index contributed by atoms with van der Waals surface area (Å²) in [6, 6.07) is 0.720. The summed E-state index contributed by atoms with van der Waals surface area (Å²) < 4.78 is 4.95. The van der Waals surface area contributed by atoms with Crippen molar-refractivity contribution in [3.8, 4) is 6.01 Å².